The Labute approximate surface area is 201 Å². The molecule has 0 N–H and O–H groups in total. The van der Waals surface area contributed by atoms with Crippen LogP contribution in [-0.4, -0.2) is 49.1 Å². The molecule has 0 aliphatic rings. The zero-order valence-electron chi connectivity index (χ0n) is 22.8. The summed E-state index contributed by atoms with van der Waals surface area (Å²) in [6, 6.07) is 0. The first-order valence-corrected chi connectivity index (χ1v) is 12.9. The number of nitrogens with zero attached hydrogens (tertiary/aromatic N) is 2. The summed E-state index contributed by atoms with van der Waals surface area (Å²) in [7, 11) is 0. The molecule has 194 valence electrons. The van der Waals surface area contributed by atoms with Crippen LogP contribution in [-0.2, 0) is 0 Å². The first kappa shape index (κ1) is 38.2. The zero-order chi connectivity index (χ0) is 23.0. The largest absolute Gasteiger partial charge is 0.302 e. The summed E-state index contributed by atoms with van der Waals surface area (Å²) < 4.78 is 0. The number of hydrogen-bond donors (Lipinski definition) is 0. The van der Waals surface area contributed by atoms with E-state index in [1.54, 1.807) is 0 Å². The van der Waals surface area contributed by atoms with Crippen molar-refractivity contribution in [3.63, 3.8) is 0 Å². The molecule has 0 aliphatic carbocycles. The van der Waals surface area contributed by atoms with Crippen LogP contribution in [0.3, 0.4) is 0 Å². The molecule has 0 amide bonds. The van der Waals surface area contributed by atoms with Crippen LogP contribution in [0, 0.1) is 29.1 Å². The summed E-state index contributed by atoms with van der Waals surface area (Å²) in [5.74, 6) is 3.05. The van der Waals surface area contributed by atoms with Crippen LogP contribution >= 0.6 is 0 Å². The zero-order valence-corrected chi connectivity index (χ0v) is 22.8. The molecule has 0 radical (unpaired) electrons. The maximum atomic E-state index is 2.66. The van der Waals surface area contributed by atoms with Crippen molar-refractivity contribution in [2.75, 3.05) is 39.3 Å². The summed E-state index contributed by atoms with van der Waals surface area (Å²) >= 11 is 0. The van der Waals surface area contributed by atoms with E-state index >= 15 is 0 Å². The quantitative estimate of drug-likeness (QED) is 0.248. The molecule has 0 unspecified atom stereocenters. The lowest BCUT2D eigenvalue weighted by Gasteiger charge is -2.31. The molecule has 0 rings (SSSR count). The van der Waals surface area contributed by atoms with Gasteiger partial charge in [-0.15, -0.1) is 0 Å². The molecule has 2 nitrogen and oxygen atoms in total. The lowest BCUT2D eigenvalue weighted by molar-refractivity contribution is 0.158. The van der Waals surface area contributed by atoms with Crippen molar-refractivity contribution in [1.82, 2.24) is 9.80 Å². The van der Waals surface area contributed by atoms with E-state index < -0.39 is 0 Å². The normalized spacial score (nSPS) is 11.8. The lowest BCUT2D eigenvalue weighted by Crippen LogP contribution is -2.41. The van der Waals surface area contributed by atoms with Gasteiger partial charge in [-0.2, -0.15) is 0 Å². The monoisotopic (exact) mass is 445 g/mol. The van der Waals surface area contributed by atoms with Gasteiger partial charge in [-0.1, -0.05) is 124 Å². The molecule has 0 aromatic heterocycles. The molecule has 0 aromatic rings. The summed E-state index contributed by atoms with van der Waals surface area (Å²) in [4.78, 5) is 5.31. The van der Waals surface area contributed by atoms with E-state index in [1.165, 1.54) is 65.0 Å². The molecule has 31 heavy (non-hydrogen) atoms. The van der Waals surface area contributed by atoms with Gasteiger partial charge in [0.15, 0.2) is 0 Å². The van der Waals surface area contributed by atoms with Crippen molar-refractivity contribution in [2.45, 2.75) is 124 Å². The van der Waals surface area contributed by atoms with Crippen molar-refractivity contribution in [3.8, 4) is 0 Å². The molecule has 0 fully saturated rings. The Morgan fingerprint density at radius 2 is 0.645 bits per heavy atom. The Morgan fingerprint density at radius 1 is 0.452 bits per heavy atom. The van der Waals surface area contributed by atoms with Crippen molar-refractivity contribution in [1.29, 1.82) is 0 Å². The molecule has 0 bridgehead atoms. The maximum Gasteiger partial charge on any atom is 0.0110 e. The summed E-state index contributed by atoms with van der Waals surface area (Å²) in [6.45, 7) is 35.2. The summed E-state index contributed by atoms with van der Waals surface area (Å²) in [6.07, 6.45) is 5.38. The highest BCUT2D eigenvalue weighted by Gasteiger charge is 2.20. The predicted octanol–water partition coefficient (Wildman–Crippen LogP) is 9.10. The third-order valence-electron chi connectivity index (χ3n) is 6.23. The van der Waals surface area contributed by atoms with Gasteiger partial charge in [0, 0.05) is 39.3 Å². The average molecular weight is 445 g/mol. The van der Waals surface area contributed by atoms with Gasteiger partial charge in [0.25, 0.3) is 0 Å². The summed E-state index contributed by atoms with van der Waals surface area (Å²) in [5, 5.41) is 0. The molecular formula is C29H68N2. The second kappa shape index (κ2) is 21.7. The fourth-order valence-corrected chi connectivity index (χ4v) is 4.36. The van der Waals surface area contributed by atoms with E-state index in [4.69, 9.17) is 0 Å². The van der Waals surface area contributed by atoms with Crippen LogP contribution in [0.2, 0.25) is 0 Å². The van der Waals surface area contributed by atoms with Gasteiger partial charge in [0.1, 0.15) is 0 Å². The third-order valence-corrected chi connectivity index (χ3v) is 6.23. The Kier molecular flexibility index (Phi) is 26.8. The minimum absolute atomic E-state index is 0. The Hall–Kier alpha value is -0.0800. The fraction of sp³-hybridized carbons (Fsp3) is 1.00. The number of rotatable bonds is 15. The van der Waals surface area contributed by atoms with Crippen LogP contribution in [0.1, 0.15) is 124 Å². The molecule has 0 heterocycles. The van der Waals surface area contributed by atoms with Crippen molar-refractivity contribution in [2.24, 2.45) is 29.1 Å². The minimum atomic E-state index is 0. The van der Waals surface area contributed by atoms with Gasteiger partial charge in [0.2, 0.25) is 0 Å². The SMILES string of the molecule is C.C.CC(C)CN(CCN(CC(C)C)CC(C)C)CC(C)C.CCC(CC)(CC)CC. The topological polar surface area (TPSA) is 6.48 Å². The van der Waals surface area contributed by atoms with Crippen LogP contribution in [0.4, 0.5) is 0 Å². The van der Waals surface area contributed by atoms with E-state index in [0.29, 0.717) is 5.41 Å². The fourth-order valence-electron chi connectivity index (χ4n) is 4.36. The van der Waals surface area contributed by atoms with E-state index in [-0.39, 0.29) is 14.9 Å². The van der Waals surface area contributed by atoms with Gasteiger partial charge in [-0.25, -0.2) is 0 Å². The number of hydrogen-bond acceptors (Lipinski definition) is 2. The maximum absolute atomic E-state index is 2.66. The molecular weight excluding hydrogens is 376 g/mol. The van der Waals surface area contributed by atoms with Crippen molar-refractivity contribution in [3.05, 3.63) is 0 Å². The van der Waals surface area contributed by atoms with Crippen molar-refractivity contribution < 1.29 is 0 Å². The average Bonchev–Trinajstić information content (AvgIpc) is 2.60. The van der Waals surface area contributed by atoms with Gasteiger partial charge < -0.3 is 9.80 Å². The highest BCUT2D eigenvalue weighted by molar-refractivity contribution is 4.72. The van der Waals surface area contributed by atoms with Crippen LogP contribution in [0.15, 0.2) is 0 Å². The van der Waals surface area contributed by atoms with Crippen LogP contribution < -0.4 is 0 Å². The van der Waals surface area contributed by atoms with E-state index in [0.717, 1.165) is 23.7 Å². The van der Waals surface area contributed by atoms with Gasteiger partial charge in [-0.3, -0.25) is 0 Å². The molecule has 0 aliphatic heterocycles. The third kappa shape index (κ3) is 21.5. The van der Waals surface area contributed by atoms with Gasteiger partial charge in [0.05, 0.1) is 0 Å². The van der Waals surface area contributed by atoms with E-state index in [9.17, 15) is 0 Å². The Morgan fingerprint density at radius 3 is 0.742 bits per heavy atom. The first-order chi connectivity index (χ1) is 13.4. The predicted molar refractivity (Wildman–Crippen MR) is 149 cm³/mol. The standard InChI is InChI=1S/C18H40N2.C9H20.2CH4/c1-15(2)11-19(12-16(3)4)9-10-20(13-17(5)6)14-18(7)8;1-5-9(6-2,7-3)8-4;;/h15-18H,9-14H2,1-8H3;5-8H2,1-4H3;2*1H4. The second-order valence-corrected chi connectivity index (χ2v) is 11.0. The molecule has 2 heteroatoms. The van der Waals surface area contributed by atoms with Crippen LogP contribution in [0.25, 0.3) is 0 Å². The van der Waals surface area contributed by atoms with Gasteiger partial charge >= 0.3 is 0 Å². The highest BCUT2D eigenvalue weighted by Crippen LogP contribution is 2.33. The highest BCUT2D eigenvalue weighted by atomic mass is 15.2. The lowest BCUT2D eigenvalue weighted by atomic mass is 9.78. The molecule has 0 saturated heterocycles. The second-order valence-electron chi connectivity index (χ2n) is 11.0. The van der Waals surface area contributed by atoms with Gasteiger partial charge in [-0.05, 0) is 29.1 Å². The smallest absolute Gasteiger partial charge is 0.0110 e. The molecule has 0 aromatic carbocycles. The molecule has 0 atom stereocenters. The Balaban J connectivity index is -0.000000282. The molecule has 0 saturated carbocycles. The molecule has 0 spiro atoms. The van der Waals surface area contributed by atoms with E-state index in [1.807, 2.05) is 0 Å². The Bertz CT molecular complexity index is 281. The first-order valence-electron chi connectivity index (χ1n) is 12.9. The van der Waals surface area contributed by atoms with E-state index in [2.05, 4.69) is 92.9 Å². The summed E-state index contributed by atoms with van der Waals surface area (Å²) in [5.41, 5.74) is 0.667. The van der Waals surface area contributed by atoms with Crippen LogP contribution in [0.5, 0.6) is 0 Å². The minimum Gasteiger partial charge on any atom is -0.302 e. The van der Waals surface area contributed by atoms with Crippen molar-refractivity contribution >= 4 is 0 Å².